The van der Waals surface area contributed by atoms with Crippen molar-refractivity contribution in [2.75, 3.05) is 16.8 Å². The summed E-state index contributed by atoms with van der Waals surface area (Å²) in [4.78, 5) is 10.2. The maximum Gasteiger partial charge on any atom is 0.295 e. The van der Waals surface area contributed by atoms with Crippen LogP contribution in [-0.2, 0) is 0 Å². The first kappa shape index (κ1) is 11.2. The van der Waals surface area contributed by atoms with Gasteiger partial charge in [-0.05, 0) is 24.3 Å². The van der Waals surface area contributed by atoms with Crippen molar-refractivity contribution in [2.24, 2.45) is 0 Å². The Bertz CT molecular complexity index is 408. The number of rotatable bonds is 3. The number of anilines is 1. The molecule has 0 spiro atoms. The molecule has 16 heavy (non-hydrogen) atoms. The summed E-state index contributed by atoms with van der Waals surface area (Å²) in [6, 6.07) is 3.85. The molecule has 1 unspecified atom stereocenters. The highest BCUT2D eigenvalue weighted by Crippen LogP contribution is 2.28. The van der Waals surface area contributed by atoms with Crippen LogP contribution in [0.2, 0.25) is 0 Å². The first-order chi connectivity index (χ1) is 7.66. The minimum absolute atomic E-state index is 0.197. The van der Waals surface area contributed by atoms with E-state index in [2.05, 4.69) is 5.32 Å². The molecule has 0 radical (unpaired) electrons. The first-order valence-electron chi connectivity index (χ1n) is 4.95. The van der Waals surface area contributed by atoms with Gasteiger partial charge in [0.05, 0.1) is 11.0 Å². The number of hydrogen-bond acceptors (Lipinski definition) is 4. The van der Waals surface area contributed by atoms with Gasteiger partial charge in [0, 0.05) is 11.8 Å². The lowest BCUT2D eigenvalue weighted by Gasteiger charge is -2.12. The van der Waals surface area contributed by atoms with Crippen molar-refractivity contribution in [1.82, 2.24) is 0 Å². The smallest absolute Gasteiger partial charge is 0.295 e. The Balaban J connectivity index is 2.21. The fraction of sp³-hybridized carbons (Fsp3) is 0.400. The molecular formula is C10H11FN2O2S. The molecule has 1 aliphatic heterocycles. The van der Waals surface area contributed by atoms with Gasteiger partial charge < -0.3 is 5.32 Å². The van der Waals surface area contributed by atoms with Crippen LogP contribution < -0.4 is 5.32 Å². The maximum absolute atomic E-state index is 12.9. The number of nitro groups is 1. The molecule has 2 rings (SSSR count). The van der Waals surface area contributed by atoms with Gasteiger partial charge in [0.1, 0.15) is 11.5 Å². The van der Waals surface area contributed by atoms with Crippen LogP contribution in [0.3, 0.4) is 0 Å². The Labute approximate surface area is 96.4 Å². The quantitative estimate of drug-likeness (QED) is 0.654. The molecule has 86 valence electrons. The van der Waals surface area contributed by atoms with Crippen LogP contribution in [-0.4, -0.2) is 22.5 Å². The number of thioether (sulfide) groups is 1. The number of nitrogens with zero attached hydrogens (tertiary/aromatic N) is 1. The van der Waals surface area contributed by atoms with Crippen molar-refractivity contribution >= 4 is 23.1 Å². The molecule has 0 bridgehead atoms. The van der Waals surface area contributed by atoms with E-state index in [1.54, 1.807) is 0 Å². The van der Waals surface area contributed by atoms with E-state index in [0.717, 1.165) is 24.0 Å². The number of halogens is 1. The third-order valence-electron chi connectivity index (χ3n) is 2.45. The topological polar surface area (TPSA) is 55.2 Å². The average Bonchev–Trinajstić information content (AvgIpc) is 2.73. The Morgan fingerprint density at radius 3 is 3.00 bits per heavy atom. The van der Waals surface area contributed by atoms with Crippen LogP contribution in [0.5, 0.6) is 0 Å². The minimum Gasteiger partial charge on any atom is -0.376 e. The molecule has 0 aliphatic carbocycles. The van der Waals surface area contributed by atoms with Gasteiger partial charge in [-0.1, -0.05) is 0 Å². The van der Waals surface area contributed by atoms with Gasteiger partial charge >= 0.3 is 0 Å². The third-order valence-corrected chi connectivity index (χ3v) is 3.61. The predicted octanol–water partition coefficient (Wildman–Crippen LogP) is 2.65. The number of nitrogens with one attached hydrogen (secondary N) is 1. The van der Waals surface area contributed by atoms with Crippen LogP contribution in [0.1, 0.15) is 6.42 Å². The molecule has 0 saturated carbocycles. The molecule has 0 aromatic heterocycles. The normalized spacial score (nSPS) is 19.7. The van der Waals surface area contributed by atoms with E-state index in [9.17, 15) is 14.5 Å². The van der Waals surface area contributed by atoms with Crippen molar-refractivity contribution in [3.63, 3.8) is 0 Å². The summed E-state index contributed by atoms with van der Waals surface area (Å²) in [6.45, 7) is 0. The fourth-order valence-electron chi connectivity index (χ4n) is 1.65. The van der Waals surface area contributed by atoms with Gasteiger partial charge in [-0.15, -0.1) is 0 Å². The summed E-state index contributed by atoms with van der Waals surface area (Å²) < 4.78 is 12.9. The van der Waals surface area contributed by atoms with Gasteiger partial charge in [0.2, 0.25) is 0 Å². The minimum atomic E-state index is -0.585. The molecule has 6 heteroatoms. The molecule has 1 fully saturated rings. The van der Waals surface area contributed by atoms with E-state index in [1.807, 2.05) is 11.8 Å². The Morgan fingerprint density at radius 2 is 2.38 bits per heavy atom. The molecule has 4 nitrogen and oxygen atoms in total. The highest BCUT2D eigenvalue weighted by Gasteiger charge is 2.20. The van der Waals surface area contributed by atoms with Crippen molar-refractivity contribution in [2.45, 2.75) is 12.5 Å². The van der Waals surface area contributed by atoms with Crippen molar-refractivity contribution in [3.8, 4) is 0 Å². The summed E-state index contributed by atoms with van der Waals surface area (Å²) in [5, 5.41) is 13.8. The van der Waals surface area contributed by atoms with Gasteiger partial charge in [-0.2, -0.15) is 11.8 Å². The van der Waals surface area contributed by atoms with Crippen molar-refractivity contribution in [3.05, 3.63) is 34.1 Å². The van der Waals surface area contributed by atoms with E-state index in [4.69, 9.17) is 0 Å². The number of benzene rings is 1. The standard InChI is InChI=1S/C10H11FN2O2S/c11-7-1-2-9(10(5-7)13(14)15)12-8-3-4-16-6-8/h1-2,5,8,12H,3-4,6H2. The number of nitro benzene ring substituents is 1. The van der Waals surface area contributed by atoms with Crippen LogP contribution in [0, 0.1) is 15.9 Å². The Kier molecular flexibility index (Phi) is 3.28. The Hall–Kier alpha value is -1.30. The van der Waals surface area contributed by atoms with Crippen molar-refractivity contribution in [1.29, 1.82) is 0 Å². The fourth-order valence-corrected chi connectivity index (χ4v) is 2.80. The molecule has 1 saturated heterocycles. The SMILES string of the molecule is O=[N+]([O-])c1cc(F)ccc1NC1CCSC1. The second-order valence-electron chi connectivity index (χ2n) is 3.62. The summed E-state index contributed by atoms with van der Waals surface area (Å²) in [7, 11) is 0. The molecule has 1 aliphatic rings. The molecule has 1 atom stereocenters. The zero-order chi connectivity index (χ0) is 11.5. The molecule has 1 heterocycles. The monoisotopic (exact) mass is 242 g/mol. The van der Waals surface area contributed by atoms with Gasteiger partial charge in [-0.25, -0.2) is 4.39 Å². The first-order valence-corrected chi connectivity index (χ1v) is 6.10. The highest BCUT2D eigenvalue weighted by molar-refractivity contribution is 7.99. The second kappa shape index (κ2) is 4.69. The van der Waals surface area contributed by atoms with Crippen LogP contribution in [0.4, 0.5) is 15.8 Å². The average molecular weight is 242 g/mol. The lowest BCUT2D eigenvalue weighted by atomic mass is 10.2. The van der Waals surface area contributed by atoms with E-state index < -0.39 is 10.7 Å². The second-order valence-corrected chi connectivity index (χ2v) is 4.77. The molecule has 1 N–H and O–H groups in total. The van der Waals surface area contributed by atoms with Gasteiger partial charge in [-0.3, -0.25) is 10.1 Å². The Morgan fingerprint density at radius 1 is 1.56 bits per heavy atom. The molecule has 1 aromatic rings. The molecular weight excluding hydrogens is 231 g/mol. The lowest BCUT2D eigenvalue weighted by molar-refractivity contribution is -0.384. The van der Waals surface area contributed by atoms with Gasteiger partial charge in [0.15, 0.2) is 0 Å². The molecule has 0 amide bonds. The van der Waals surface area contributed by atoms with Crippen LogP contribution in [0.25, 0.3) is 0 Å². The van der Waals surface area contributed by atoms with Gasteiger partial charge in [0.25, 0.3) is 5.69 Å². The summed E-state index contributed by atoms with van der Waals surface area (Å²) >= 11 is 1.81. The highest BCUT2D eigenvalue weighted by atomic mass is 32.2. The maximum atomic E-state index is 12.9. The summed E-state index contributed by atoms with van der Waals surface area (Å²) in [6.07, 6.45) is 0.985. The van der Waals surface area contributed by atoms with E-state index >= 15 is 0 Å². The van der Waals surface area contributed by atoms with E-state index in [1.165, 1.54) is 12.1 Å². The lowest BCUT2D eigenvalue weighted by Crippen LogP contribution is -2.18. The zero-order valence-corrected chi connectivity index (χ0v) is 9.30. The number of hydrogen-bond donors (Lipinski definition) is 1. The zero-order valence-electron chi connectivity index (χ0n) is 8.48. The third kappa shape index (κ3) is 2.44. The van der Waals surface area contributed by atoms with E-state index in [-0.39, 0.29) is 11.7 Å². The summed E-state index contributed by atoms with van der Waals surface area (Å²) in [5.41, 5.74) is 0.204. The van der Waals surface area contributed by atoms with Crippen molar-refractivity contribution < 1.29 is 9.31 Å². The van der Waals surface area contributed by atoms with Crippen LogP contribution >= 0.6 is 11.8 Å². The molecule has 1 aromatic carbocycles. The largest absolute Gasteiger partial charge is 0.376 e. The van der Waals surface area contributed by atoms with Crippen LogP contribution in [0.15, 0.2) is 18.2 Å². The summed E-state index contributed by atoms with van der Waals surface area (Å²) in [5.74, 6) is 1.42. The predicted molar refractivity (Wildman–Crippen MR) is 62.4 cm³/mol. The van der Waals surface area contributed by atoms with E-state index in [0.29, 0.717) is 5.69 Å².